The molecule has 116 valence electrons. The molecule has 0 radical (unpaired) electrons. The minimum absolute atomic E-state index is 0.344. The first-order chi connectivity index (χ1) is 11.2. The summed E-state index contributed by atoms with van der Waals surface area (Å²) in [5.74, 6) is 0.171. The van der Waals surface area contributed by atoms with E-state index in [0.717, 1.165) is 11.1 Å². The van der Waals surface area contributed by atoms with Crippen LogP contribution < -0.4 is 10.6 Å². The van der Waals surface area contributed by atoms with Crippen LogP contribution in [0.4, 0.5) is 15.9 Å². The van der Waals surface area contributed by atoms with E-state index in [9.17, 15) is 4.39 Å². The molecular formula is C19H18FN3. The summed E-state index contributed by atoms with van der Waals surface area (Å²) in [6.07, 6.45) is 1.20. The number of anilines is 2. The fourth-order valence-electron chi connectivity index (χ4n) is 2.53. The largest absolute Gasteiger partial charge is 0.396 e. The molecular weight excluding hydrogens is 289 g/mol. The summed E-state index contributed by atoms with van der Waals surface area (Å²) in [4.78, 5) is 6.25. The van der Waals surface area contributed by atoms with Crippen molar-refractivity contribution in [2.75, 3.05) is 10.6 Å². The van der Waals surface area contributed by atoms with E-state index in [4.69, 9.17) is 5.73 Å². The van der Waals surface area contributed by atoms with E-state index in [2.05, 4.69) is 34.1 Å². The van der Waals surface area contributed by atoms with Crippen LogP contribution >= 0.6 is 0 Å². The van der Waals surface area contributed by atoms with Gasteiger partial charge in [0.1, 0.15) is 5.82 Å². The average molecular weight is 307 g/mol. The van der Waals surface area contributed by atoms with Gasteiger partial charge >= 0.3 is 0 Å². The van der Waals surface area contributed by atoms with Crippen molar-refractivity contribution >= 4 is 11.5 Å². The molecule has 0 unspecified atom stereocenters. The Labute approximate surface area is 135 Å². The first-order valence-electron chi connectivity index (χ1n) is 7.46. The number of rotatable bonds is 5. The second-order valence-electron chi connectivity index (χ2n) is 5.39. The van der Waals surface area contributed by atoms with E-state index in [-0.39, 0.29) is 0 Å². The Balaban J connectivity index is 1.92. The van der Waals surface area contributed by atoms with Crippen LogP contribution in [0, 0.1) is 5.82 Å². The molecule has 0 aliphatic rings. The van der Waals surface area contributed by atoms with Gasteiger partial charge in [-0.2, -0.15) is 0 Å². The highest BCUT2D eigenvalue weighted by Gasteiger charge is 2.13. The molecule has 0 spiro atoms. The minimum atomic E-state index is -0.425. The molecule has 23 heavy (non-hydrogen) atoms. The number of aromatic nitrogens is 1. The van der Waals surface area contributed by atoms with Gasteiger partial charge in [0.2, 0.25) is 0 Å². The lowest BCUT2D eigenvalue weighted by Gasteiger charge is -2.25. The SMILES string of the molecule is Nc1cc(F)cnc1N(Cc1ccccc1)Cc1ccccc1. The zero-order valence-corrected chi connectivity index (χ0v) is 12.7. The molecule has 3 nitrogen and oxygen atoms in total. The summed E-state index contributed by atoms with van der Waals surface area (Å²) >= 11 is 0. The molecule has 2 N–H and O–H groups in total. The third-order valence-electron chi connectivity index (χ3n) is 3.59. The van der Waals surface area contributed by atoms with Crippen molar-refractivity contribution in [3.8, 4) is 0 Å². The van der Waals surface area contributed by atoms with Gasteiger partial charge in [0.05, 0.1) is 11.9 Å². The van der Waals surface area contributed by atoms with Crippen molar-refractivity contribution in [1.82, 2.24) is 4.98 Å². The van der Waals surface area contributed by atoms with Gasteiger partial charge < -0.3 is 10.6 Å². The number of hydrogen-bond donors (Lipinski definition) is 1. The second-order valence-corrected chi connectivity index (χ2v) is 5.39. The molecule has 0 fully saturated rings. The van der Waals surface area contributed by atoms with Crippen LogP contribution in [0.1, 0.15) is 11.1 Å². The van der Waals surface area contributed by atoms with Gasteiger partial charge in [0.25, 0.3) is 0 Å². The number of nitrogen functional groups attached to an aromatic ring is 1. The number of pyridine rings is 1. The molecule has 0 atom stereocenters. The topological polar surface area (TPSA) is 42.1 Å². The van der Waals surface area contributed by atoms with E-state index >= 15 is 0 Å². The summed E-state index contributed by atoms with van der Waals surface area (Å²) in [7, 11) is 0. The number of nitrogens with zero attached hydrogens (tertiary/aromatic N) is 2. The summed E-state index contributed by atoms with van der Waals surface area (Å²) < 4.78 is 13.3. The predicted molar refractivity (Wildman–Crippen MR) is 91.4 cm³/mol. The number of halogens is 1. The monoisotopic (exact) mass is 307 g/mol. The van der Waals surface area contributed by atoms with Crippen LogP contribution in [0.15, 0.2) is 72.9 Å². The van der Waals surface area contributed by atoms with Crippen LogP contribution in [0.3, 0.4) is 0 Å². The Morgan fingerprint density at radius 3 is 1.87 bits per heavy atom. The molecule has 4 heteroatoms. The van der Waals surface area contributed by atoms with Crippen molar-refractivity contribution in [2.45, 2.75) is 13.1 Å². The molecule has 3 aromatic rings. The maximum atomic E-state index is 13.3. The predicted octanol–water partition coefficient (Wildman–Crippen LogP) is 4.01. The molecule has 0 amide bonds. The van der Waals surface area contributed by atoms with Gasteiger partial charge in [-0.3, -0.25) is 0 Å². The number of nitrogens with two attached hydrogens (primary N) is 1. The molecule has 0 saturated carbocycles. The smallest absolute Gasteiger partial charge is 0.152 e. The molecule has 0 bridgehead atoms. The van der Waals surface area contributed by atoms with E-state index in [1.54, 1.807) is 0 Å². The van der Waals surface area contributed by atoms with Gasteiger partial charge in [-0.1, -0.05) is 60.7 Å². The fourth-order valence-corrected chi connectivity index (χ4v) is 2.53. The van der Waals surface area contributed by atoms with E-state index in [0.29, 0.717) is 24.6 Å². The third kappa shape index (κ3) is 3.86. The Morgan fingerprint density at radius 2 is 1.39 bits per heavy atom. The first-order valence-corrected chi connectivity index (χ1v) is 7.46. The molecule has 1 heterocycles. The van der Waals surface area contributed by atoms with Crippen molar-refractivity contribution in [3.63, 3.8) is 0 Å². The standard InChI is InChI=1S/C19H18FN3/c20-17-11-18(21)19(22-12-17)23(13-15-7-3-1-4-8-15)14-16-9-5-2-6-10-16/h1-12H,13-14,21H2. The minimum Gasteiger partial charge on any atom is -0.396 e. The van der Waals surface area contributed by atoms with Gasteiger partial charge in [-0.05, 0) is 11.1 Å². The molecule has 2 aromatic carbocycles. The normalized spacial score (nSPS) is 10.5. The number of benzene rings is 2. The van der Waals surface area contributed by atoms with Crippen LogP contribution in [0.2, 0.25) is 0 Å². The molecule has 0 aliphatic carbocycles. The van der Waals surface area contributed by atoms with Crippen molar-refractivity contribution in [3.05, 3.63) is 89.9 Å². The lowest BCUT2D eigenvalue weighted by Crippen LogP contribution is -2.24. The second kappa shape index (κ2) is 6.92. The third-order valence-corrected chi connectivity index (χ3v) is 3.59. The lowest BCUT2D eigenvalue weighted by atomic mass is 10.1. The summed E-state index contributed by atoms with van der Waals surface area (Å²) in [5.41, 5.74) is 8.62. The molecule has 0 saturated heterocycles. The van der Waals surface area contributed by atoms with Crippen LogP contribution in [0.25, 0.3) is 0 Å². The highest BCUT2D eigenvalue weighted by molar-refractivity contribution is 5.62. The average Bonchev–Trinajstić information content (AvgIpc) is 2.56. The highest BCUT2D eigenvalue weighted by atomic mass is 19.1. The zero-order valence-electron chi connectivity index (χ0n) is 12.7. The van der Waals surface area contributed by atoms with Gasteiger partial charge in [0.15, 0.2) is 5.82 Å². The van der Waals surface area contributed by atoms with Gasteiger partial charge in [-0.25, -0.2) is 9.37 Å². The van der Waals surface area contributed by atoms with E-state index in [1.807, 2.05) is 36.4 Å². The quantitative estimate of drug-likeness (QED) is 0.774. The molecule has 1 aromatic heterocycles. The summed E-state index contributed by atoms with van der Waals surface area (Å²) in [5, 5.41) is 0. The zero-order chi connectivity index (χ0) is 16.1. The van der Waals surface area contributed by atoms with E-state index in [1.165, 1.54) is 12.3 Å². The van der Waals surface area contributed by atoms with Crippen molar-refractivity contribution < 1.29 is 4.39 Å². The van der Waals surface area contributed by atoms with Crippen LogP contribution in [-0.2, 0) is 13.1 Å². The maximum absolute atomic E-state index is 13.3. The highest BCUT2D eigenvalue weighted by Crippen LogP contribution is 2.24. The fraction of sp³-hybridized carbons (Fsp3) is 0.105. The Morgan fingerprint density at radius 1 is 0.870 bits per heavy atom. The van der Waals surface area contributed by atoms with Gasteiger partial charge in [-0.15, -0.1) is 0 Å². The van der Waals surface area contributed by atoms with Crippen molar-refractivity contribution in [1.29, 1.82) is 0 Å². The maximum Gasteiger partial charge on any atom is 0.152 e. The van der Waals surface area contributed by atoms with E-state index < -0.39 is 5.82 Å². The van der Waals surface area contributed by atoms with Crippen molar-refractivity contribution in [2.24, 2.45) is 0 Å². The number of hydrogen-bond acceptors (Lipinski definition) is 3. The Bertz CT molecular complexity index is 719. The molecule has 3 rings (SSSR count). The summed E-state index contributed by atoms with van der Waals surface area (Å²) in [6.45, 7) is 1.30. The lowest BCUT2D eigenvalue weighted by molar-refractivity contribution is 0.621. The Hall–Kier alpha value is -2.88. The molecule has 0 aliphatic heterocycles. The Kier molecular flexibility index (Phi) is 4.52. The van der Waals surface area contributed by atoms with Crippen LogP contribution in [0.5, 0.6) is 0 Å². The first kappa shape index (κ1) is 15.0. The van der Waals surface area contributed by atoms with Crippen LogP contribution in [-0.4, -0.2) is 4.98 Å². The summed E-state index contributed by atoms with van der Waals surface area (Å²) in [6, 6.07) is 21.5. The van der Waals surface area contributed by atoms with Gasteiger partial charge in [0, 0.05) is 19.2 Å².